The summed E-state index contributed by atoms with van der Waals surface area (Å²) in [5, 5.41) is 14.9. The van der Waals surface area contributed by atoms with Crippen LogP contribution in [0.3, 0.4) is 0 Å². The van der Waals surface area contributed by atoms with E-state index in [-0.39, 0.29) is 37.3 Å². The summed E-state index contributed by atoms with van der Waals surface area (Å²) in [4.78, 5) is 23.1. The van der Waals surface area contributed by atoms with E-state index in [1.807, 2.05) is 11.8 Å². The molecule has 0 bridgehead atoms. The Hall–Kier alpha value is -1.07. The highest BCUT2D eigenvalue weighted by atomic mass is 32.2. The van der Waals surface area contributed by atoms with Crippen molar-refractivity contribution in [2.45, 2.75) is 43.0 Å². The van der Waals surface area contributed by atoms with Gasteiger partial charge in [0, 0.05) is 17.4 Å². The maximum absolute atomic E-state index is 11.7. The molecule has 0 aromatic heterocycles. The predicted octanol–water partition coefficient (Wildman–Crippen LogP) is 0.298. The van der Waals surface area contributed by atoms with Crippen LogP contribution in [0.2, 0.25) is 0 Å². The van der Waals surface area contributed by atoms with E-state index in [2.05, 4.69) is 10.6 Å². The van der Waals surface area contributed by atoms with Gasteiger partial charge in [0.2, 0.25) is 0 Å². The maximum Gasteiger partial charge on any atom is 0.315 e. The molecule has 2 aliphatic heterocycles. The molecule has 0 spiro atoms. The quantitative estimate of drug-likeness (QED) is 0.186. The largest absolute Gasteiger partial charge is 0.463 e. The van der Waals surface area contributed by atoms with E-state index < -0.39 is 0 Å². The predicted molar refractivity (Wildman–Crippen MR) is 104 cm³/mol. The molecule has 3 unspecified atom stereocenters. The molecule has 28 heavy (non-hydrogen) atoms. The van der Waals surface area contributed by atoms with Crippen LogP contribution in [0.1, 0.15) is 25.7 Å². The van der Waals surface area contributed by atoms with Crippen LogP contribution in [0.5, 0.6) is 0 Å². The van der Waals surface area contributed by atoms with E-state index in [0.29, 0.717) is 51.3 Å². The van der Waals surface area contributed by atoms with E-state index >= 15 is 0 Å². The lowest BCUT2D eigenvalue weighted by Crippen LogP contribution is -2.36. The summed E-state index contributed by atoms with van der Waals surface area (Å²) >= 11 is 1.89. The molecule has 162 valence electrons. The average molecular weight is 421 g/mol. The molecule has 2 amide bonds. The fourth-order valence-electron chi connectivity index (χ4n) is 3.15. The van der Waals surface area contributed by atoms with Crippen LogP contribution in [0.15, 0.2) is 0 Å². The minimum Gasteiger partial charge on any atom is -0.463 e. The van der Waals surface area contributed by atoms with Gasteiger partial charge in [-0.15, -0.1) is 0 Å². The molecule has 2 aliphatic rings. The number of aliphatic hydroxyl groups is 1. The molecular weight excluding hydrogens is 388 g/mol. The third-order valence-corrected chi connectivity index (χ3v) is 6.04. The Kier molecular flexibility index (Phi) is 11.6. The lowest BCUT2D eigenvalue weighted by atomic mass is 10.0. The highest BCUT2D eigenvalue weighted by Crippen LogP contribution is 2.33. The van der Waals surface area contributed by atoms with Crippen molar-refractivity contribution in [1.29, 1.82) is 0 Å². The Morgan fingerprint density at radius 3 is 2.39 bits per heavy atom. The van der Waals surface area contributed by atoms with Gasteiger partial charge in [-0.1, -0.05) is 6.42 Å². The molecule has 3 N–H and O–H groups in total. The van der Waals surface area contributed by atoms with E-state index in [9.17, 15) is 9.59 Å². The Bertz CT molecular complexity index is 469. The minimum atomic E-state index is -0.200. The molecule has 0 aromatic rings. The van der Waals surface area contributed by atoms with Crippen LogP contribution in [-0.2, 0) is 23.7 Å². The summed E-state index contributed by atoms with van der Waals surface area (Å²) in [6.45, 7) is 2.73. The first kappa shape index (κ1) is 23.2. The Balaban J connectivity index is 1.34. The topological polar surface area (TPSA) is 115 Å². The summed E-state index contributed by atoms with van der Waals surface area (Å²) in [6, 6.07) is 0.404. The number of rotatable bonds is 16. The number of carbonyl (C=O) groups excluding carboxylic acids is 2. The number of amides is 2. The third-order valence-electron chi connectivity index (χ3n) is 4.53. The van der Waals surface area contributed by atoms with E-state index in [0.717, 1.165) is 25.0 Å². The molecule has 0 aromatic carbocycles. The lowest BCUT2D eigenvalue weighted by Gasteiger charge is -2.16. The number of urea groups is 1. The van der Waals surface area contributed by atoms with Crippen molar-refractivity contribution >= 4 is 23.8 Å². The number of aliphatic hydroxyl groups excluding tert-OH is 1. The Morgan fingerprint density at radius 2 is 1.68 bits per heavy atom. The Morgan fingerprint density at radius 1 is 1.00 bits per heavy atom. The van der Waals surface area contributed by atoms with Crippen molar-refractivity contribution in [3.63, 3.8) is 0 Å². The van der Waals surface area contributed by atoms with Gasteiger partial charge in [-0.2, -0.15) is 11.8 Å². The molecule has 10 heteroatoms. The molecular formula is C18H32N2O7S. The van der Waals surface area contributed by atoms with Gasteiger partial charge in [-0.05, 0) is 12.8 Å². The van der Waals surface area contributed by atoms with Crippen LogP contribution in [0.4, 0.5) is 4.79 Å². The summed E-state index contributed by atoms with van der Waals surface area (Å²) in [5.74, 6) is 0.757. The number of hydrogen-bond donors (Lipinski definition) is 3. The number of fused-ring (bicyclic) bond motifs is 1. The highest BCUT2D eigenvalue weighted by Gasteiger charge is 2.42. The van der Waals surface area contributed by atoms with Gasteiger partial charge in [0.1, 0.15) is 6.61 Å². The maximum atomic E-state index is 11.7. The minimum absolute atomic E-state index is 0.0136. The summed E-state index contributed by atoms with van der Waals surface area (Å²) in [6.07, 6.45) is 3.14. The van der Waals surface area contributed by atoms with Crippen molar-refractivity contribution in [1.82, 2.24) is 10.6 Å². The first-order valence-electron chi connectivity index (χ1n) is 9.89. The summed E-state index contributed by atoms with van der Waals surface area (Å²) < 4.78 is 20.8. The summed E-state index contributed by atoms with van der Waals surface area (Å²) in [7, 11) is 0. The van der Waals surface area contributed by atoms with Crippen molar-refractivity contribution in [2.24, 2.45) is 0 Å². The zero-order valence-electron chi connectivity index (χ0n) is 16.2. The second-order valence-corrected chi connectivity index (χ2v) is 7.92. The van der Waals surface area contributed by atoms with E-state index in [1.54, 1.807) is 0 Å². The zero-order chi connectivity index (χ0) is 20.0. The van der Waals surface area contributed by atoms with Crippen LogP contribution < -0.4 is 10.6 Å². The van der Waals surface area contributed by atoms with Crippen molar-refractivity contribution in [3.8, 4) is 0 Å². The number of hydrogen-bond acceptors (Lipinski definition) is 8. The van der Waals surface area contributed by atoms with Crippen LogP contribution in [0, 0.1) is 0 Å². The van der Waals surface area contributed by atoms with Gasteiger partial charge >= 0.3 is 12.0 Å². The second kappa shape index (κ2) is 14.0. The van der Waals surface area contributed by atoms with Crippen LogP contribution in [0.25, 0.3) is 0 Å². The van der Waals surface area contributed by atoms with E-state index in [4.69, 9.17) is 24.1 Å². The van der Waals surface area contributed by atoms with Crippen molar-refractivity contribution in [3.05, 3.63) is 0 Å². The lowest BCUT2D eigenvalue weighted by molar-refractivity contribution is -0.145. The second-order valence-electron chi connectivity index (χ2n) is 6.65. The molecule has 0 saturated carbocycles. The SMILES string of the molecule is O=C1NC2CSC(CCCCC(=O)OCCOCCOCCOCCO)C2N1. The van der Waals surface area contributed by atoms with Gasteiger partial charge in [-0.25, -0.2) is 4.79 Å². The molecule has 0 radical (unpaired) electrons. The first-order chi connectivity index (χ1) is 13.7. The van der Waals surface area contributed by atoms with Gasteiger partial charge < -0.3 is 34.7 Å². The molecule has 2 rings (SSSR count). The number of esters is 1. The van der Waals surface area contributed by atoms with Gasteiger partial charge in [0.25, 0.3) is 0 Å². The normalized spacial score (nSPS) is 23.3. The number of ether oxygens (including phenoxy) is 4. The molecule has 2 saturated heterocycles. The van der Waals surface area contributed by atoms with Gasteiger partial charge in [-0.3, -0.25) is 4.79 Å². The van der Waals surface area contributed by atoms with Gasteiger partial charge in [0.05, 0.1) is 58.3 Å². The Labute approximate surface area is 170 Å². The average Bonchev–Trinajstić information content (AvgIpc) is 3.22. The fourth-order valence-corrected chi connectivity index (χ4v) is 4.69. The monoisotopic (exact) mass is 420 g/mol. The zero-order valence-corrected chi connectivity index (χ0v) is 17.0. The number of unbranched alkanes of at least 4 members (excludes halogenated alkanes) is 1. The fraction of sp³-hybridized carbons (Fsp3) is 0.889. The van der Waals surface area contributed by atoms with Gasteiger partial charge in [0.15, 0.2) is 0 Å². The van der Waals surface area contributed by atoms with Crippen molar-refractivity contribution < 1.29 is 33.6 Å². The number of nitrogens with one attached hydrogen (secondary N) is 2. The molecule has 2 heterocycles. The number of thioether (sulfide) groups is 1. The first-order valence-corrected chi connectivity index (χ1v) is 10.9. The highest BCUT2D eigenvalue weighted by molar-refractivity contribution is 8.00. The van der Waals surface area contributed by atoms with E-state index in [1.165, 1.54) is 0 Å². The summed E-state index contributed by atoms with van der Waals surface area (Å²) in [5.41, 5.74) is 0. The smallest absolute Gasteiger partial charge is 0.315 e. The van der Waals surface area contributed by atoms with Crippen LogP contribution in [-0.4, -0.2) is 93.0 Å². The molecule has 0 aliphatic carbocycles. The number of carbonyl (C=O) groups is 2. The standard InChI is InChI=1S/C18H32N2O7S/c21-5-6-24-7-8-25-9-10-26-11-12-27-16(22)4-2-1-3-15-17-14(13-28-15)19-18(23)20-17/h14-15,17,21H,1-13H2,(H2,19,20,23). The molecule has 3 atom stereocenters. The van der Waals surface area contributed by atoms with Crippen LogP contribution >= 0.6 is 11.8 Å². The molecule has 2 fully saturated rings. The third kappa shape index (κ3) is 8.95. The molecule has 9 nitrogen and oxygen atoms in total. The van der Waals surface area contributed by atoms with Crippen molar-refractivity contribution in [2.75, 3.05) is 58.6 Å².